The Morgan fingerprint density at radius 1 is 0.967 bits per heavy atom. The highest BCUT2D eigenvalue weighted by atomic mass is 32.2. The van der Waals surface area contributed by atoms with E-state index in [1.165, 1.54) is 0 Å². The number of hydrogen-bond acceptors (Lipinski definition) is 5. The van der Waals surface area contributed by atoms with Gasteiger partial charge in [-0.15, -0.1) is 11.8 Å². The molecule has 5 rings (SSSR count). The summed E-state index contributed by atoms with van der Waals surface area (Å²) in [6, 6.07) is 19.8. The smallest absolute Gasteiger partial charge is 0.296 e. The van der Waals surface area contributed by atoms with Crippen molar-refractivity contribution in [1.82, 2.24) is 4.98 Å². The number of anilines is 1. The predicted molar refractivity (Wildman–Crippen MR) is 118 cm³/mol. The number of carbonyl (C=O) groups is 1. The molecule has 4 aromatic rings. The highest BCUT2D eigenvalue weighted by Gasteiger charge is 2.44. The number of hydrogen-bond donors (Lipinski definition) is 0. The minimum absolute atomic E-state index is 0.0842. The van der Waals surface area contributed by atoms with Crippen molar-refractivity contribution in [1.29, 1.82) is 0 Å². The number of aromatic nitrogens is 1. The molecule has 0 N–H and O–H groups in total. The van der Waals surface area contributed by atoms with Gasteiger partial charge in [-0.25, -0.2) is 4.98 Å². The molecular formula is C24H18N2O3S. The van der Waals surface area contributed by atoms with Gasteiger partial charge in [0.2, 0.25) is 5.76 Å². The van der Waals surface area contributed by atoms with Gasteiger partial charge in [-0.05, 0) is 55.1 Å². The quantitative estimate of drug-likeness (QED) is 0.443. The van der Waals surface area contributed by atoms with Crippen LogP contribution in [0.2, 0.25) is 0 Å². The van der Waals surface area contributed by atoms with Crippen LogP contribution in [-0.4, -0.2) is 17.1 Å². The van der Waals surface area contributed by atoms with E-state index in [4.69, 9.17) is 4.42 Å². The SMILES string of the molecule is CSc1ccc([C@@H]2c3c(oc4ccccc4c3=O)C(=O)N2c2cccc(C)n2)cc1. The molecule has 148 valence electrons. The average Bonchev–Trinajstić information content (AvgIpc) is 3.06. The van der Waals surface area contributed by atoms with Crippen molar-refractivity contribution >= 4 is 34.5 Å². The second-order valence-electron chi connectivity index (χ2n) is 7.16. The number of benzene rings is 2. The summed E-state index contributed by atoms with van der Waals surface area (Å²) in [5.41, 5.74) is 2.21. The molecule has 0 unspecified atom stereocenters. The highest BCUT2D eigenvalue weighted by molar-refractivity contribution is 7.98. The van der Waals surface area contributed by atoms with E-state index < -0.39 is 6.04 Å². The van der Waals surface area contributed by atoms with Gasteiger partial charge in [-0.1, -0.05) is 30.3 Å². The molecule has 1 aliphatic heterocycles. The van der Waals surface area contributed by atoms with E-state index in [1.54, 1.807) is 47.0 Å². The second kappa shape index (κ2) is 7.15. The van der Waals surface area contributed by atoms with Crippen LogP contribution in [-0.2, 0) is 0 Å². The number of nitrogens with zero attached hydrogens (tertiary/aromatic N) is 2. The predicted octanol–water partition coefficient (Wildman–Crippen LogP) is 4.97. The van der Waals surface area contributed by atoms with Crippen LogP contribution >= 0.6 is 11.8 Å². The van der Waals surface area contributed by atoms with Gasteiger partial charge in [0.25, 0.3) is 5.91 Å². The number of para-hydroxylation sites is 1. The summed E-state index contributed by atoms with van der Waals surface area (Å²) in [5, 5.41) is 0.467. The van der Waals surface area contributed by atoms with Crippen LogP contribution < -0.4 is 10.3 Å². The molecule has 0 saturated carbocycles. The lowest BCUT2D eigenvalue weighted by Crippen LogP contribution is -2.30. The minimum atomic E-state index is -0.599. The first-order valence-electron chi connectivity index (χ1n) is 9.55. The molecule has 30 heavy (non-hydrogen) atoms. The summed E-state index contributed by atoms with van der Waals surface area (Å²) in [6.45, 7) is 1.87. The van der Waals surface area contributed by atoms with E-state index >= 15 is 0 Å². The molecule has 0 radical (unpaired) electrons. The summed E-state index contributed by atoms with van der Waals surface area (Å²) in [6.07, 6.45) is 2.01. The van der Waals surface area contributed by atoms with E-state index in [1.807, 2.05) is 49.6 Å². The van der Waals surface area contributed by atoms with Crippen LogP contribution in [0.5, 0.6) is 0 Å². The molecule has 1 atom stereocenters. The van der Waals surface area contributed by atoms with Crippen molar-refractivity contribution in [2.24, 2.45) is 0 Å². The normalized spacial score (nSPS) is 15.6. The number of pyridine rings is 1. The van der Waals surface area contributed by atoms with E-state index in [0.717, 1.165) is 16.2 Å². The van der Waals surface area contributed by atoms with Crippen molar-refractivity contribution < 1.29 is 9.21 Å². The maximum Gasteiger partial charge on any atom is 0.296 e. The Labute approximate surface area is 177 Å². The maximum absolute atomic E-state index is 13.5. The van der Waals surface area contributed by atoms with Crippen LogP contribution in [0.4, 0.5) is 5.82 Å². The van der Waals surface area contributed by atoms with Crippen LogP contribution in [0.3, 0.4) is 0 Å². The standard InChI is InChI=1S/C24H18N2O3S/c1-14-6-5-9-19(25-14)26-21(15-10-12-16(30-2)13-11-15)20-22(27)17-7-3-4-8-18(17)29-23(20)24(26)28/h3-13,21H,1-2H3/t21-/m1/s1. The molecule has 0 saturated heterocycles. The van der Waals surface area contributed by atoms with Crippen molar-refractivity contribution in [2.75, 3.05) is 11.2 Å². The molecule has 0 spiro atoms. The van der Waals surface area contributed by atoms with Crippen molar-refractivity contribution in [3.05, 3.63) is 99.5 Å². The molecule has 1 aliphatic rings. The summed E-state index contributed by atoms with van der Waals surface area (Å²) in [5.74, 6) is 0.222. The van der Waals surface area contributed by atoms with Gasteiger partial charge in [0.1, 0.15) is 11.4 Å². The molecule has 2 aromatic heterocycles. The van der Waals surface area contributed by atoms with Crippen molar-refractivity contribution in [3.63, 3.8) is 0 Å². The van der Waals surface area contributed by atoms with Crippen molar-refractivity contribution in [2.45, 2.75) is 17.9 Å². The third kappa shape index (κ3) is 2.83. The van der Waals surface area contributed by atoms with Gasteiger partial charge in [-0.2, -0.15) is 0 Å². The molecule has 0 bridgehead atoms. The molecule has 0 aliphatic carbocycles. The number of aryl methyl sites for hydroxylation is 1. The summed E-state index contributed by atoms with van der Waals surface area (Å²) < 4.78 is 5.95. The molecule has 6 heteroatoms. The fourth-order valence-electron chi connectivity index (χ4n) is 3.92. The zero-order valence-corrected chi connectivity index (χ0v) is 17.3. The number of fused-ring (bicyclic) bond motifs is 2. The van der Waals surface area contributed by atoms with Gasteiger partial charge in [0, 0.05) is 10.6 Å². The van der Waals surface area contributed by atoms with E-state index in [-0.39, 0.29) is 17.1 Å². The fourth-order valence-corrected chi connectivity index (χ4v) is 4.33. The maximum atomic E-state index is 13.5. The lowest BCUT2D eigenvalue weighted by Gasteiger charge is -2.24. The Bertz CT molecular complexity index is 1340. The molecule has 0 fully saturated rings. The van der Waals surface area contributed by atoms with E-state index in [9.17, 15) is 9.59 Å². The average molecular weight is 414 g/mol. The van der Waals surface area contributed by atoms with Crippen molar-refractivity contribution in [3.8, 4) is 0 Å². The summed E-state index contributed by atoms with van der Waals surface area (Å²) in [7, 11) is 0. The van der Waals surface area contributed by atoms with E-state index in [0.29, 0.717) is 22.4 Å². The molecule has 3 heterocycles. The van der Waals surface area contributed by atoms with Gasteiger partial charge in [0.15, 0.2) is 5.43 Å². The molecular weight excluding hydrogens is 396 g/mol. The van der Waals surface area contributed by atoms with Gasteiger partial charge in [0.05, 0.1) is 17.0 Å². The zero-order valence-electron chi connectivity index (χ0n) is 16.5. The van der Waals surface area contributed by atoms with Gasteiger partial charge >= 0.3 is 0 Å². The first kappa shape index (κ1) is 18.6. The monoisotopic (exact) mass is 414 g/mol. The van der Waals surface area contributed by atoms with Gasteiger partial charge < -0.3 is 4.42 Å². The minimum Gasteiger partial charge on any atom is -0.450 e. The molecule has 1 amide bonds. The lowest BCUT2D eigenvalue weighted by molar-refractivity contribution is 0.0970. The fraction of sp³-hybridized carbons (Fsp3) is 0.125. The van der Waals surface area contributed by atoms with E-state index in [2.05, 4.69) is 4.98 Å². The number of amides is 1. The third-order valence-corrected chi connectivity index (χ3v) is 6.07. The first-order valence-corrected chi connectivity index (χ1v) is 10.8. The second-order valence-corrected chi connectivity index (χ2v) is 8.04. The summed E-state index contributed by atoms with van der Waals surface area (Å²) >= 11 is 1.64. The lowest BCUT2D eigenvalue weighted by atomic mass is 9.98. The number of rotatable bonds is 3. The molecule has 2 aromatic carbocycles. The van der Waals surface area contributed by atoms with Crippen LogP contribution in [0.25, 0.3) is 11.0 Å². The third-order valence-electron chi connectivity index (χ3n) is 5.33. The Morgan fingerprint density at radius 2 is 1.73 bits per heavy atom. The van der Waals surface area contributed by atoms with Gasteiger partial charge in [-0.3, -0.25) is 14.5 Å². The largest absolute Gasteiger partial charge is 0.450 e. The Morgan fingerprint density at radius 3 is 2.47 bits per heavy atom. The topological polar surface area (TPSA) is 63.4 Å². The van der Waals surface area contributed by atoms with Crippen LogP contribution in [0.15, 0.2) is 80.8 Å². The Balaban J connectivity index is 1.80. The highest BCUT2D eigenvalue weighted by Crippen LogP contribution is 2.40. The number of thioether (sulfide) groups is 1. The Kier molecular flexibility index (Phi) is 4.44. The first-order chi connectivity index (χ1) is 14.6. The summed E-state index contributed by atoms with van der Waals surface area (Å²) in [4.78, 5) is 34.1. The Hall–Kier alpha value is -3.38. The van der Waals surface area contributed by atoms with Crippen LogP contribution in [0.1, 0.15) is 33.4 Å². The van der Waals surface area contributed by atoms with Crippen LogP contribution in [0, 0.1) is 6.92 Å². The molecule has 5 nitrogen and oxygen atoms in total. The number of carbonyl (C=O) groups excluding carboxylic acids is 1. The zero-order chi connectivity index (χ0) is 20.8.